The lowest BCUT2D eigenvalue weighted by Crippen LogP contribution is -1.95. The zero-order valence-electron chi connectivity index (χ0n) is 21.4. The lowest BCUT2D eigenvalue weighted by molar-refractivity contribution is 1.16. The maximum absolute atomic E-state index is 3.56. The Bertz CT molecular complexity index is 2190. The van der Waals surface area contributed by atoms with Gasteiger partial charge in [-0.15, -0.1) is 0 Å². The summed E-state index contributed by atoms with van der Waals surface area (Å²) < 4.78 is 2.43. The summed E-state index contributed by atoms with van der Waals surface area (Å²) in [5.74, 6) is 0. The van der Waals surface area contributed by atoms with Crippen LogP contribution in [0.25, 0.3) is 71.2 Å². The molecule has 0 radical (unpaired) electrons. The molecule has 0 bridgehead atoms. The van der Waals surface area contributed by atoms with Gasteiger partial charge in [-0.1, -0.05) is 66.7 Å². The van der Waals surface area contributed by atoms with Crippen LogP contribution in [0.4, 0.5) is 0 Å². The van der Waals surface area contributed by atoms with Crippen molar-refractivity contribution in [2.24, 2.45) is 0 Å². The predicted octanol–water partition coefficient (Wildman–Crippen LogP) is 9.86. The van der Waals surface area contributed by atoms with E-state index in [4.69, 9.17) is 0 Å². The number of para-hydroxylation sites is 1. The van der Waals surface area contributed by atoms with Crippen molar-refractivity contribution in [2.75, 3.05) is 0 Å². The Morgan fingerprint density at radius 2 is 1.16 bits per heavy atom. The molecule has 0 saturated heterocycles. The van der Waals surface area contributed by atoms with E-state index in [1.807, 2.05) is 0 Å². The number of nitrogens with one attached hydrogen (secondary N) is 1. The molecule has 0 aliphatic rings. The Morgan fingerprint density at radius 3 is 2.00 bits per heavy atom. The molecule has 2 heterocycles. The van der Waals surface area contributed by atoms with Gasteiger partial charge in [-0.3, -0.25) is 0 Å². The van der Waals surface area contributed by atoms with Gasteiger partial charge in [0, 0.05) is 38.3 Å². The minimum atomic E-state index is 1.17. The van der Waals surface area contributed by atoms with Crippen LogP contribution in [-0.4, -0.2) is 9.55 Å². The molecule has 0 atom stereocenters. The molecule has 6 aromatic carbocycles. The summed E-state index contributed by atoms with van der Waals surface area (Å²) in [6.07, 6.45) is 0. The van der Waals surface area contributed by atoms with Gasteiger partial charge in [0.25, 0.3) is 0 Å². The van der Waals surface area contributed by atoms with Gasteiger partial charge >= 0.3 is 0 Å². The molecule has 1 N–H and O–H groups in total. The van der Waals surface area contributed by atoms with E-state index in [1.165, 1.54) is 82.3 Å². The molecule has 0 amide bonds. The Hall–Kier alpha value is -4.82. The summed E-state index contributed by atoms with van der Waals surface area (Å²) in [6, 6.07) is 42.4. The summed E-state index contributed by atoms with van der Waals surface area (Å²) in [4.78, 5) is 3.56. The molecule has 0 aliphatic carbocycles. The lowest BCUT2D eigenvalue weighted by atomic mass is 9.99. The Morgan fingerprint density at radius 1 is 0.500 bits per heavy atom. The van der Waals surface area contributed by atoms with Gasteiger partial charge in [0.05, 0.1) is 11.0 Å². The van der Waals surface area contributed by atoms with E-state index in [0.717, 1.165) is 0 Å². The normalized spacial score (nSPS) is 11.9. The second-order valence-corrected chi connectivity index (χ2v) is 10.5. The standard InChI is InChI=1S/C36H26N2/c1-22-17-23(2)19-27(18-22)38-34-15-13-26(21-31(34)36-28-8-4-3-7-24(28)12-16-35(36)38)25-11-14-33-30(20-25)29-9-5-6-10-32(29)37-33/h3-21,37H,1-2H3. The number of benzene rings is 6. The van der Waals surface area contributed by atoms with E-state index in [-0.39, 0.29) is 0 Å². The van der Waals surface area contributed by atoms with Crippen molar-refractivity contribution >= 4 is 54.4 Å². The van der Waals surface area contributed by atoms with Crippen molar-refractivity contribution in [3.05, 3.63) is 126 Å². The fraction of sp³-hybridized carbons (Fsp3) is 0.0556. The summed E-state index contributed by atoms with van der Waals surface area (Å²) in [7, 11) is 0. The van der Waals surface area contributed by atoms with Gasteiger partial charge in [0.15, 0.2) is 0 Å². The molecule has 2 nitrogen and oxygen atoms in total. The van der Waals surface area contributed by atoms with E-state index < -0.39 is 0 Å². The molecular formula is C36H26N2. The van der Waals surface area contributed by atoms with Crippen LogP contribution in [-0.2, 0) is 0 Å². The van der Waals surface area contributed by atoms with Crippen molar-refractivity contribution in [3.8, 4) is 16.8 Å². The monoisotopic (exact) mass is 486 g/mol. The minimum Gasteiger partial charge on any atom is -0.355 e. The average molecular weight is 487 g/mol. The largest absolute Gasteiger partial charge is 0.355 e. The highest BCUT2D eigenvalue weighted by atomic mass is 15.0. The third-order valence-corrected chi connectivity index (χ3v) is 7.96. The van der Waals surface area contributed by atoms with Crippen LogP contribution >= 0.6 is 0 Å². The molecule has 2 aromatic heterocycles. The van der Waals surface area contributed by atoms with Crippen molar-refractivity contribution in [3.63, 3.8) is 0 Å². The van der Waals surface area contributed by atoms with Gasteiger partial charge in [0.2, 0.25) is 0 Å². The number of aromatic nitrogens is 2. The van der Waals surface area contributed by atoms with Crippen LogP contribution in [0.15, 0.2) is 115 Å². The van der Waals surface area contributed by atoms with Crippen molar-refractivity contribution in [2.45, 2.75) is 13.8 Å². The van der Waals surface area contributed by atoms with Gasteiger partial charge in [-0.25, -0.2) is 0 Å². The summed E-state index contributed by atoms with van der Waals surface area (Å²) in [5.41, 5.74) is 11.1. The quantitative estimate of drug-likeness (QED) is 0.251. The molecule has 180 valence electrons. The average Bonchev–Trinajstić information content (AvgIpc) is 3.47. The maximum Gasteiger partial charge on any atom is 0.0547 e. The molecule has 2 heteroatoms. The lowest BCUT2D eigenvalue weighted by Gasteiger charge is -2.11. The number of nitrogens with zero attached hydrogens (tertiary/aromatic N) is 1. The number of hydrogen-bond donors (Lipinski definition) is 1. The number of aryl methyl sites for hydroxylation is 2. The highest BCUT2D eigenvalue weighted by molar-refractivity contribution is 6.22. The second kappa shape index (κ2) is 7.84. The fourth-order valence-electron chi connectivity index (χ4n) is 6.36. The first-order valence-electron chi connectivity index (χ1n) is 13.2. The molecule has 38 heavy (non-hydrogen) atoms. The van der Waals surface area contributed by atoms with Crippen LogP contribution in [0.3, 0.4) is 0 Å². The van der Waals surface area contributed by atoms with Crippen LogP contribution in [0, 0.1) is 13.8 Å². The molecule has 0 fully saturated rings. The molecule has 8 aromatic rings. The first-order valence-corrected chi connectivity index (χ1v) is 13.2. The molecule has 0 aliphatic heterocycles. The molecule has 8 rings (SSSR count). The van der Waals surface area contributed by atoms with Gasteiger partial charge in [-0.05, 0) is 95.4 Å². The van der Waals surface area contributed by atoms with Gasteiger partial charge in [0.1, 0.15) is 0 Å². The van der Waals surface area contributed by atoms with E-state index in [0.29, 0.717) is 0 Å². The highest BCUT2D eigenvalue weighted by Crippen LogP contribution is 2.39. The van der Waals surface area contributed by atoms with E-state index in [2.05, 4.69) is 139 Å². The fourth-order valence-corrected chi connectivity index (χ4v) is 6.36. The SMILES string of the molecule is Cc1cc(C)cc(-n2c3ccc(-c4ccc5[nH]c6ccccc6c5c4)cc3c3c4ccccc4ccc32)c1. The second-order valence-electron chi connectivity index (χ2n) is 10.5. The van der Waals surface area contributed by atoms with Crippen LogP contribution in [0.5, 0.6) is 0 Å². The van der Waals surface area contributed by atoms with Crippen molar-refractivity contribution in [1.29, 1.82) is 0 Å². The van der Waals surface area contributed by atoms with Crippen LogP contribution in [0.1, 0.15) is 11.1 Å². The van der Waals surface area contributed by atoms with Gasteiger partial charge < -0.3 is 9.55 Å². The number of rotatable bonds is 2. The van der Waals surface area contributed by atoms with Crippen molar-refractivity contribution < 1.29 is 0 Å². The van der Waals surface area contributed by atoms with E-state index in [1.54, 1.807) is 0 Å². The minimum absolute atomic E-state index is 1.17. The molecule has 0 saturated carbocycles. The topological polar surface area (TPSA) is 20.7 Å². The molecule has 0 unspecified atom stereocenters. The third-order valence-electron chi connectivity index (χ3n) is 7.96. The zero-order valence-corrected chi connectivity index (χ0v) is 21.4. The summed E-state index contributed by atoms with van der Waals surface area (Å²) >= 11 is 0. The third kappa shape index (κ3) is 3.07. The van der Waals surface area contributed by atoms with Crippen LogP contribution in [0.2, 0.25) is 0 Å². The van der Waals surface area contributed by atoms with Crippen molar-refractivity contribution in [1.82, 2.24) is 9.55 Å². The van der Waals surface area contributed by atoms with Crippen LogP contribution < -0.4 is 0 Å². The molecular weight excluding hydrogens is 460 g/mol. The van der Waals surface area contributed by atoms with E-state index in [9.17, 15) is 0 Å². The zero-order chi connectivity index (χ0) is 25.4. The Kier molecular flexibility index (Phi) is 4.39. The first kappa shape index (κ1) is 21.3. The predicted molar refractivity (Wildman–Crippen MR) is 163 cm³/mol. The number of H-pyrrole nitrogens is 1. The summed E-state index contributed by atoms with van der Waals surface area (Å²) in [6.45, 7) is 4.36. The Labute approximate surface area is 220 Å². The van der Waals surface area contributed by atoms with E-state index >= 15 is 0 Å². The number of hydrogen-bond acceptors (Lipinski definition) is 0. The maximum atomic E-state index is 3.56. The number of fused-ring (bicyclic) bond motifs is 8. The van der Waals surface area contributed by atoms with Gasteiger partial charge in [-0.2, -0.15) is 0 Å². The number of aromatic amines is 1. The first-order chi connectivity index (χ1) is 18.6. The summed E-state index contributed by atoms with van der Waals surface area (Å²) in [5, 5.41) is 7.69. The highest BCUT2D eigenvalue weighted by Gasteiger charge is 2.16. The smallest absolute Gasteiger partial charge is 0.0547 e. The molecule has 0 spiro atoms. The Balaban J connectivity index is 1.45.